The van der Waals surface area contributed by atoms with Crippen LogP contribution in [0.25, 0.3) is 0 Å². The number of hydrogen-bond acceptors (Lipinski definition) is 5. The van der Waals surface area contributed by atoms with Gasteiger partial charge in [0.15, 0.2) is 0 Å². The van der Waals surface area contributed by atoms with Gasteiger partial charge >= 0.3 is 0 Å². The number of carbonyl (C=O) groups is 2. The van der Waals surface area contributed by atoms with Crippen LogP contribution in [0.5, 0.6) is 0 Å². The molecule has 1 saturated heterocycles. The monoisotopic (exact) mass is 336 g/mol. The highest BCUT2D eigenvalue weighted by molar-refractivity contribution is 7.09. The van der Waals surface area contributed by atoms with Crippen molar-refractivity contribution in [1.82, 2.24) is 9.36 Å². The number of halogens is 1. The van der Waals surface area contributed by atoms with E-state index >= 15 is 0 Å². The summed E-state index contributed by atoms with van der Waals surface area (Å²) in [5.74, 6) is -0.144. The standard InChI is InChI=1S/C14H13ClN4O2S/c1-8-16-14(22-18-8)17-13(21)9-6-12(20)19(7-9)11-5-3-2-4-10(11)15/h2-5,9H,6-7H2,1H3,(H,16,17,18,21)/t9-/m1/s1. The molecule has 1 fully saturated rings. The SMILES string of the molecule is Cc1nsc(NC(=O)[C@@H]2CC(=O)N(c3ccccc3Cl)C2)n1. The van der Waals surface area contributed by atoms with Crippen LogP contribution in [0.1, 0.15) is 12.2 Å². The summed E-state index contributed by atoms with van der Waals surface area (Å²) in [4.78, 5) is 30.0. The van der Waals surface area contributed by atoms with Crippen LogP contribution in [-0.4, -0.2) is 27.7 Å². The molecule has 22 heavy (non-hydrogen) atoms. The quantitative estimate of drug-likeness (QED) is 0.934. The molecule has 0 spiro atoms. The van der Waals surface area contributed by atoms with E-state index in [0.29, 0.717) is 28.2 Å². The Kier molecular flexibility index (Phi) is 4.08. The number of carbonyl (C=O) groups excluding carboxylic acids is 2. The molecule has 0 saturated carbocycles. The second-order valence-electron chi connectivity index (χ2n) is 4.99. The van der Waals surface area contributed by atoms with Crippen molar-refractivity contribution in [3.8, 4) is 0 Å². The molecule has 2 heterocycles. The number of amides is 2. The summed E-state index contributed by atoms with van der Waals surface area (Å²) < 4.78 is 4.01. The summed E-state index contributed by atoms with van der Waals surface area (Å²) in [5, 5.41) is 3.65. The van der Waals surface area contributed by atoms with E-state index in [-0.39, 0.29) is 18.2 Å². The first-order chi connectivity index (χ1) is 10.5. The van der Waals surface area contributed by atoms with Crippen LogP contribution in [0.15, 0.2) is 24.3 Å². The topological polar surface area (TPSA) is 75.2 Å². The van der Waals surface area contributed by atoms with Gasteiger partial charge in [0, 0.05) is 24.5 Å². The van der Waals surface area contributed by atoms with Gasteiger partial charge in [0.1, 0.15) is 5.82 Å². The van der Waals surface area contributed by atoms with Gasteiger partial charge in [0.25, 0.3) is 0 Å². The van der Waals surface area contributed by atoms with Crippen LogP contribution in [0, 0.1) is 12.8 Å². The van der Waals surface area contributed by atoms with E-state index in [1.807, 2.05) is 6.07 Å². The van der Waals surface area contributed by atoms with Crippen LogP contribution in [0.2, 0.25) is 5.02 Å². The summed E-state index contributed by atoms with van der Waals surface area (Å²) in [5.41, 5.74) is 0.635. The van der Waals surface area contributed by atoms with Crippen LogP contribution in [0.3, 0.4) is 0 Å². The molecule has 1 aliphatic heterocycles. The van der Waals surface area contributed by atoms with Gasteiger partial charge in [-0.2, -0.15) is 4.37 Å². The number of benzene rings is 1. The Morgan fingerprint density at radius 3 is 2.91 bits per heavy atom. The van der Waals surface area contributed by atoms with Crippen molar-refractivity contribution >= 4 is 45.8 Å². The Balaban J connectivity index is 1.71. The smallest absolute Gasteiger partial charge is 0.231 e. The predicted octanol–water partition coefficient (Wildman–Crippen LogP) is 2.49. The van der Waals surface area contributed by atoms with E-state index in [1.54, 1.807) is 30.0 Å². The molecule has 1 aromatic carbocycles. The number of nitrogens with zero attached hydrogens (tertiary/aromatic N) is 3. The summed E-state index contributed by atoms with van der Waals surface area (Å²) in [7, 11) is 0. The summed E-state index contributed by atoms with van der Waals surface area (Å²) in [6.07, 6.45) is 0.162. The number of aryl methyl sites for hydroxylation is 1. The van der Waals surface area contributed by atoms with Gasteiger partial charge in [-0.05, 0) is 19.1 Å². The zero-order valence-corrected chi connectivity index (χ0v) is 13.3. The Labute approximate surface area is 136 Å². The first-order valence-electron chi connectivity index (χ1n) is 6.70. The molecule has 2 amide bonds. The van der Waals surface area contributed by atoms with Gasteiger partial charge in [-0.3, -0.25) is 9.59 Å². The molecular weight excluding hydrogens is 324 g/mol. The molecule has 114 valence electrons. The fourth-order valence-electron chi connectivity index (χ4n) is 2.34. The fraction of sp³-hybridized carbons (Fsp3) is 0.286. The van der Waals surface area contributed by atoms with Crippen molar-refractivity contribution in [3.63, 3.8) is 0 Å². The minimum Gasteiger partial charge on any atom is -0.310 e. The maximum atomic E-state index is 12.2. The van der Waals surface area contributed by atoms with Crippen LogP contribution in [-0.2, 0) is 9.59 Å². The zero-order chi connectivity index (χ0) is 15.7. The molecule has 1 aromatic heterocycles. The molecule has 1 aliphatic rings. The number of rotatable bonds is 3. The first kappa shape index (κ1) is 14.9. The number of para-hydroxylation sites is 1. The maximum Gasteiger partial charge on any atom is 0.231 e. The van der Waals surface area contributed by atoms with Crippen LogP contribution in [0.4, 0.5) is 10.8 Å². The molecule has 8 heteroatoms. The van der Waals surface area contributed by atoms with Gasteiger partial charge in [0.2, 0.25) is 16.9 Å². The second kappa shape index (κ2) is 6.02. The molecule has 0 unspecified atom stereocenters. The molecule has 0 radical (unpaired) electrons. The van der Waals surface area contributed by atoms with Gasteiger partial charge in [-0.15, -0.1) is 0 Å². The molecule has 1 atom stereocenters. The molecule has 1 N–H and O–H groups in total. The van der Waals surface area contributed by atoms with Crippen molar-refractivity contribution in [3.05, 3.63) is 35.1 Å². The molecule has 2 aromatic rings. The van der Waals surface area contributed by atoms with Crippen molar-refractivity contribution in [2.24, 2.45) is 5.92 Å². The summed E-state index contributed by atoms with van der Waals surface area (Å²) in [6.45, 7) is 2.07. The van der Waals surface area contributed by atoms with E-state index in [2.05, 4.69) is 14.7 Å². The van der Waals surface area contributed by atoms with Gasteiger partial charge in [-0.1, -0.05) is 23.7 Å². The number of nitrogens with one attached hydrogen (secondary N) is 1. The van der Waals surface area contributed by atoms with E-state index < -0.39 is 5.92 Å². The lowest BCUT2D eigenvalue weighted by Gasteiger charge is -2.17. The largest absolute Gasteiger partial charge is 0.310 e. The van der Waals surface area contributed by atoms with Crippen LogP contribution >= 0.6 is 23.1 Å². The third-order valence-electron chi connectivity index (χ3n) is 3.40. The zero-order valence-electron chi connectivity index (χ0n) is 11.7. The van der Waals surface area contributed by atoms with E-state index in [4.69, 9.17) is 11.6 Å². The third kappa shape index (κ3) is 2.95. The molecule has 0 bridgehead atoms. The molecule has 6 nitrogen and oxygen atoms in total. The fourth-order valence-corrected chi connectivity index (χ4v) is 3.16. The number of aromatic nitrogens is 2. The molecule has 3 rings (SSSR count). The molecular formula is C14H13ClN4O2S. The normalized spacial score (nSPS) is 17.8. The Morgan fingerprint density at radius 1 is 1.45 bits per heavy atom. The van der Waals surface area contributed by atoms with Crippen molar-refractivity contribution in [1.29, 1.82) is 0 Å². The van der Waals surface area contributed by atoms with Gasteiger partial charge in [0.05, 0.1) is 16.6 Å². The minimum absolute atomic E-state index is 0.110. The minimum atomic E-state index is -0.423. The Bertz CT molecular complexity index is 733. The van der Waals surface area contributed by atoms with Gasteiger partial charge < -0.3 is 10.2 Å². The third-order valence-corrected chi connectivity index (χ3v) is 4.44. The molecule has 0 aliphatic carbocycles. The average molecular weight is 337 g/mol. The van der Waals surface area contributed by atoms with E-state index in [1.165, 1.54) is 0 Å². The van der Waals surface area contributed by atoms with Crippen LogP contribution < -0.4 is 10.2 Å². The lowest BCUT2D eigenvalue weighted by Crippen LogP contribution is -2.28. The summed E-state index contributed by atoms with van der Waals surface area (Å²) in [6, 6.07) is 7.11. The Morgan fingerprint density at radius 2 is 2.23 bits per heavy atom. The highest BCUT2D eigenvalue weighted by Crippen LogP contribution is 2.31. The lowest BCUT2D eigenvalue weighted by molar-refractivity contribution is -0.122. The lowest BCUT2D eigenvalue weighted by atomic mass is 10.1. The van der Waals surface area contributed by atoms with E-state index in [0.717, 1.165) is 11.5 Å². The average Bonchev–Trinajstić information content (AvgIpc) is 3.06. The highest BCUT2D eigenvalue weighted by atomic mass is 35.5. The maximum absolute atomic E-state index is 12.2. The first-order valence-corrected chi connectivity index (χ1v) is 7.86. The summed E-state index contributed by atoms with van der Waals surface area (Å²) >= 11 is 7.24. The Hall–Kier alpha value is -1.99. The van der Waals surface area contributed by atoms with Crippen molar-refractivity contribution < 1.29 is 9.59 Å². The number of hydrogen-bond donors (Lipinski definition) is 1. The van der Waals surface area contributed by atoms with Crippen molar-refractivity contribution in [2.45, 2.75) is 13.3 Å². The van der Waals surface area contributed by atoms with Gasteiger partial charge in [-0.25, -0.2) is 4.98 Å². The predicted molar refractivity (Wildman–Crippen MR) is 85.2 cm³/mol. The highest BCUT2D eigenvalue weighted by Gasteiger charge is 2.36. The van der Waals surface area contributed by atoms with E-state index in [9.17, 15) is 9.59 Å². The number of anilines is 2. The second-order valence-corrected chi connectivity index (χ2v) is 6.15. The van der Waals surface area contributed by atoms with Crippen molar-refractivity contribution in [2.75, 3.05) is 16.8 Å².